The van der Waals surface area contributed by atoms with Gasteiger partial charge in [0.2, 0.25) is 0 Å². The van der Waals surface area contributed by atoms with Gasteiger partial charge in [-0.1, -0.05) is 42.5 Å². The molecule has 5 heteroatoms. The Balaban J connectivity index is 1.30. The van der Waals surface area contributed by atoms with E-state index in [4.69, 9.17) is 10.5 Å². The highest BCUT2D eigenvalue weighted by atomic mass is 16.5. The number of rotatable bonds is 7. The molecule has 0 spiro atoms. The maximum atomic E-state index is 10.8. The van der Waals surface area contributed by atoms with Crippen LogP contribution in [-0.4, -0.2) is 16.3 Å². The number of anilines is 1. The zero-order valence-corrected chi connectivity index (χ0v) is 19.9. The van der Waals surface area contributed by atoms with Crippen molar-refractivity contribution in [2.75, 3.05) is 5.73 Å². The first-order chi connectivity index (χ1) is 17.0. The van der Waals surface area contributed by atoms with Gasteiger partial charge in [0.25, 0.3) is 0 Å². The third-order valence-electron chi connectivity index (χ3n) is 6.39. The summed E-state index contributed by atoms with van der Waals surface area (Å²) >= 11 is 0. The monoisotopic (exact) mass is 461 g/mol. The van der Waals surface area contributed by atoms with Gasteiger partial charge in [0.05, 0.1) is 5.52 Å². The SMILES string of the molecule is Cc1ccc2c(c1)nc(N)c1ncc(CCc3ccc(OCc4ccc(C=O)cc4)cc3C)cc12. The van der Waals surface area contributed by atoms with E-state index in [9.17, 15) is 4.79 Å². The van der Waals surface area contributed by atoms with Crippen molar-refractivity contribution in [2.45, 2.75) is 33.3 Å². The highest BCUT2D eigenvalue weighted by molar-refractivity contribution is 6.08. The van der Waals surface area contributed by atoms with Crippen molar-refractivity contribution < 1.29 is 9.53 Å². The van der Waals surface area contributed by atoms with Crippen molar-refractivity contribution in [1.29, 1.82) is 0 Å². The Morgan fingerprint density at radius 2 is 1.71 bits per heavy atom. The molecule has 2 aromatic heterocycles. The standard InChI is InChI=1S/C30H27N3O2/c1-19-3-12-26-27-15-23(16-32-29(27)30(31)33-28(26)13-19)8-9-24-10-11-25(14-20(24)2)35-18-22-6-4-21(17-34)5-7-22/h3-7,10-17H,8-9,18H2,1-2H3,(H2,31,33). The van der Waals surface area contributed by atoms with Gasteiger partial charge in [-0.05, 0) is 78.8 Å². The molecule has 174 valence electrons. The van der Waals surface area contributed by atoms with Crippen LogP contribution in [0, 0.1) is 13.8 Å². The molecule has 5 nitrogen and oxygen atoms in total. The summed E-state index contributed by atoms with van der Waals surface area (Å²) in [6.45, 7) is 4.63. The molecule has 5 aromatic rings. The number of carbonyl (C=O) groups is 1. The normalized spacial score (nSPS) is 11.1. The molecule has 0 atom stereocenters. The van der Waals surface area contributed by atoms with Gasteiger partial charge in [-0.25, -0.2) is 4.98 Å². The second kappa shape index (κ2) is 9.55. The Bertz CT molecular complexity index is 1540. The Kier molecular flexibility index (Phi) is 6.15. The van der Waals surface area contributed by atoms with Crippen LogP contribution in [0.1, 0.15) is 38.2 Å². The number of pyridine rings is 2. The van der Waals surface area contributed by atoms with E-state index in [0.29, 0.717) is 18.0 Å². The zero-order chi connectivity index (χ0) is 24.4. The lowest BCUT2D eigenvalue weighted by Crippen LogP contribution is -2.00. The Hall–Kier alpha value is -4.25. The quantitative estimate of drug-likeness (QED) is 0.232. The smallest absolute Gasteiger partial charge is 0.150 e. The number of benzene rings is 3. The highest BCUT2D eigenvalue weighted by Crippen LogP contribution is 2.28. The van der Waals surface area contributed by atoms with Crippen LogP contribution in [0.2, 0.25) is 0 Å². The lowest BCUT2D eigenvalue weighted by molar-refractivity contribution is 0.112. The molecule has 5 rings (SSSR count). The molecular formula is C30H27N3O2. The lowest BCUT2D eigenvalue weighted by atomic mass is 9.99. The minimum Gasteiger partial charge on any atom is -0.489 e. The molecule has 0 radical (unpaired) electrons. The molecule has 0 unspecified atom stereocenters. The second-order valence-electron chi connectivity index (χ2n) is 8.99. The number of aryl methyl sites for hydroxylation is 4. The molecule has 0 bridgehead atoms. The second-order valence-corrected chi connectivity index (χ2v) is 8.99. The van der Waals surface area contributed by atoms with Crippen LogP contribution in [0.25, 0.3) is 21.8 Å². The highest BCUT2D eigenvalue weighted by Gasteiger charge is 2.10. The summed E-state index contributed by atoms with van der Waals surface area (Å²) < 4.78 is 5.96. The van der Waals surface area contributed by atoms with Crippen LogP contribution in [0.5, 0.6) is 5.75 Å². The summed E-state index contributed by atoms with van der Waals surface area (Å²) in [5.74, 6) is 1.30. The molecule has 0 fully saturated rings. The van der Waals surface area contributed by atoms with E-state index in [1.807, 2.05) is 24.4 Å². The van der Waals surface area contributed by atoms with Crippen molar-refractivity contribution in [3.05, 3.63) is 106 Å². The molecule has 35 heavy (non-hydrogen) atoms. The topological polar surface area (TPSA) is 78.1 Å². The van der Waals surface area contributed by atoms with Crippen LogP contribution in [0.3, 0.4) is 0 Å². The predicted octanol–water partition coefficient (Wildman–Crippen LogP) is 6.16. The van der Waals surface area contributed by atoms with Crippen molar-refractivity contribution in [3.63, 3.8) is 0 Å². The molecule has 0 aliphatic rings. The summed E-state index contributed by atoms with van der Waals surface area (Å²) in [7, 11) is 0. The van der Waals surface area contributed by atoms with Gasteiger partial charge in [-0.2, -0.15) is 0 Å². The summed E-state index contributed by atoms with van der Waals surface area (Å²) in [5.41, 5.74) is 14.4. The first kappa shape index (κ1) is 22.5. The average molecular weight is 462 g/mol. The van der Waals surface area contributed by atoms with E-state index in [1.54, 1.807) is 12.1 Å². The van der Waals surface area contributed by atoms with Crippen LogP contribution in [-0.2, 0) is 19.4 Å². The number of hydrogen-bond donors (Lipinski definition) is 1. The number of carbonyl (C=O) groups excluding carboxylic acids is 1. The maximum Gasteiger partial charge on any atom is 0.150 e. The van der Waals surface area contributed by atoms with Gasteiger partial charge in [0.1, 0.15) is 24.2 Å². The Labute approximate surface area is 204 Å². The molecule has 0 saturated carbocycles. The van der Waals surface area contributed by atoms with Gasteiger partial charge in [-0.3, -0.25) is 9.78 Å². The Morgan fingerprint density at radius 1 is 0.886 bits per heavy atom. The third kappa shape index (κ3) is 4.85. The van der Waals surface area contributed by atoms with Gasteiger partial charge in [0.15, 0.2) is 5.82 Å². The van der Waals surface area contributed by atoms with Crippen molar-refractivity contribution in [1.82, 2.24) is 9.97 Å². The molecule has 0 aliphatic heterocycles. The number of nitrogen functional groups attached to an aromatic ring is 1. The minimum absolute atomic E-state index is 0.464. The summed E-state index contributed by atoms with van der Waals surface area (Å²) in [6.07, 6.45) is 4.53. The summed E-state index contributed by atoms with van der Waals surface area (Å²) in [5, 5.41) is 2.12. The molecule has 0 saturated heterocycles. The molecule has 0 amide bonds. The molecule has 2 heterocycles. The number of aromatic nitrogens is 2. The van der Waals surface area contributed by atoms with E-state index in [-0.39, 0.29) is 0 Å². The number of nitrogens with zero attached hydrogens (tertiary/aromatic N) is 2. The van der Waals surface area contributed by atoms with Crippen molar-refractivity contribution >= 4 is 33.9 Å². The summed E-state index contributed by atoms with van der Waals surface area (Å²) in [4.78, 5) is 20.0. The van der Waals surface area contributed by atoms with E-state index < -0.39 is 0 Å². The van der Waals surface area contributed by atoms with Crippen LogP contribution in [0.15, 0.2) is 72.9 Å². The minimum atomic E-state index is 0.464. The Morgan fingerprint density at radius 3 is 2.49 bits per heavy atom. The van der Waals surface area contributed by atoms with Crippen LogP contribution < -0.4 is 10.5 Å². The van der Waals surface area contributed by atoms with E-state index in [1.165, 1.54) is 16.7 Å². The molecule has 2 N–H and O–H groups in total. The fourth-order valence-corrected chi connectivity index (χ4v) is 4.38. The predicted molar refractivity (Wildman–Crippen MR) is 141 cm³/mol. The molecule has 3 aromatic carbocycles. The van der Waals surface area contributed by atoms with Gasteiger partial charge in [-0.15, -0.1) is 0 Å². The number of hydrogen-bond acceptors (Lipinski definition) is 5. The largest absolute Gasteiger partial charge is 0.489 e. The van der Waals surface area contributed by atoms with Gasteiger partial charge in [0, 0.05) is 22.5 Å². The molecule has 0 aliphatic carbocycles. The van der Waals surface area contributed by atoms with Gasteiger partial charge < -0.3 is 10.5 Å². The summed E-state index contributed by atoms with van der Waals surface area (Å²) in [6, 6.07) is 22.1. The number of ether oxygens (including phenoxy) is 1. The zero-order valence-electron chi connectivity index (χ0n) is 19.9. The average Bonchev–Trinajstić information content (AvgIpc) is 2.87. The first-order valence-corrected chi connectivity index (χ1v) is 11.7. The van der Waals surface area contributed by atoms with Crippen molar-refractivity contribution in [3.8, 4) is 5.75 Å². The van der Waals surface area contributed by atoms with Crippen LogP contribution >= 0.6 is 0 Å². The molecular weight excluding hydrogens is 434 g/mol. The lowest BCUT2D eigenvalue weighted by Gasteiger charge is -2.12. The first-order valence-electron chi connectivity index (χ1n) is 11.7. The fraction of sp³-hybridized carbons (Fsp3) is 0.167. The number of fused-ring (bicyclic) bond motifs is 3. The maximum absolute atomic E-state index is 10.8. The van der Waals surface area contributed by atoms with E-state index in [0.717, 1.165) is 57.8 Å². The van der Waals surface area contributed by atoms with Crippen molar-refractivity contribution in [2.24, 2.45) is 0 Å². The van der Waals surface area contributed by atoms with Gasteiger partial charge >= 0.3 is 0 Å². The fourth-order valence-electron chi connectivity index (χ4n) is 4.38. The third-order valence-corrected chi connectivity index (χ3v) is 6.39. The van der Waals surface area contributed by atoms with E-state index in [2.05, 4.69) is 60.2 Å². The number of nitrogens with two attached hydrogens (primary N) is 1. The van der Waals surface area contributed by atoms with E-state index >= 15 is 0 Å². The van der Waals surface area contributed by atoms with Crippen LogP contribution in [0.4, 0.5) is 5.82 Å². The number of aldehydes is 1.